The third kappa shape index (κ3) is 2.80. The van der Waals surface area contributed by atoms with Crippen molar-refractivity contribution in [2.75, 3.05) is 11.9 Å². The van der Waals surface area contributed by atoms with Gasteiger partial charge in [-0.15, -0.1) is 0 Å². The smallest absolute Gasteiger partial charge is 0.128 e. The van der Waals surface area contributed by atoms with Crippen molar-refractivity contribution >= 4 is 23.0 Å². The standard InChI is InChI=1S/C14H21N3S/c1-10-5-3-4-6-12(10)17(2)13-8-7-11(9-16-13)14(15)18/h7-10,12H,3-6H2,1-2H3,(H2,15,18). The van der Waals surface area contributed by atoms with Gasteiger partial charge in [0.05, 0.1) is 0 Å². The van der Waals surface area contributed by atoms with Crippen molar-refractivity contribution in [3.8, 4) is 0 Å². The highest BCUT2D eigenvalue weighted by atomic mass is 32.1. The molecule has 1 aromatic rings. The number of anilines is 1. The maximum atomic E-state index is 5.58. The predicted molar refractivity (Wildman–Crippen MR) is 79.9 cm³/mol. The van der Waals surface area contributed by atoms with Gasteiger partial charge in [-0.05, 0) is 30.9 Å². The number of hydrogen-bond acceptors (Lipinski definition) is 3. The lowest BCUT2D eigenvalue weighted by Gasteiger charge is -2.37. The summed E-state index contributed by atoms with van der Waals surface area (Å²) >= 11 is 4.94. The number of aromatic nitrogens is 1. The molecule has 1 saturated carbocycles. The molecule has 98 valence electrons. The second kappa shape index (κ2) is 5.65. The van der Waals surface area contributed by atoms with E-state index in [0.29, 0.717) is 11.0 Å². The molecule has 4 heteroatoms. The fraction of sp³-hybridized carbons (Fsp3) is 0.571. The minimum Gasteiger partial charge on any atom is -0.389 e. The van der Waals surface area contributed by atoms with E-state index in [1.807, 2.05) is 12.1 Å². The number of hydrogen-bond donors (Lipinski definition) is 1. The molecule has 2 unspecified atom stereocenters. The number of nitrogens with zero attached hydrogens (tertiary/aromatic N) is 2. The number of nitrogens with two attached hydrogens (primary N) is 1. The van der Waals surface area contributed by atoms with Gasteiger partial charge < -0.3 is 10.6 Å². The first-order valence-corrected chi connectivity index (χ1v) is 6.99. The van der Waals surface area contributed by atoms with E-state index in [9.17, 15) is 0 Å². The van der Waals surface area contributed by atoms with E-state index >= 15 is 0 Å². The molecule has 0 radical (unpaired) electrons. The molecule has 1 fully saturated rings. The Labute approximate surface area is 114 Å². The van der Waals surface area contributed by atoms with Gasteiger partial charge in [0, 0.05) is 24.8 Å². The first-order valence-electron chi connectivity index (χ1n) is 6.58. The molecule has 18 heavy (non-hydrogen) atoms. The maximum absolute atomic E-state index is 5.58. The predicted octanol–water partition coefficient (Wildman–Crippen LogP) is 2.73. The molecule has 0 saturated heterocycles. The fourth-order valence-electron chi connectivity index (χ4n) is 2.78. The third-order valence-electron chi connectivity index (χ3n) is 3.96. The summed E-state index contributed by atoms with van der Waals surface area (Å²) < 4.78 is 0. The van der Waals surface area contributed by atoms with Crippen LogP contribution in [0.1, 0.15) is 38.2 Å². The van der Waals surface area contributed by atoms with Crippen LogP contribution in [0.5, 0.6) is 0 Å². The van der Waals surface area contributed by atoms with Gasteiger partial charge in [0.2, 0.25) is 0 Å². The summed E-state index contributed by atoms with van der Waals surface area (Å²) in [5.74, 6) is 1.74. The average Bonchev–Trinajstić information content (AvgIpc) is 2.38. The second-order valence-electron chi connectivity index (χ2n) is 5.21. The largest absolute Gasteiger partial charge is 0.389 e. The summed E-state index contributed by atoms with van der Waals surface area (Å²) in [4.78, 5) is 7.17. The number of pyridine rings is 1. The van der Waals surface area contributed by atoms with Crippen LogP contribution in [0, 0.1) is 5.92 Å². The quantitative estimate of drug-likeness (QED) is 0.852. The molecular weight excluding hydrogens is 242 g/mol. The van der Waals surface area contributed by atoms with E-state index in [1.54, 1.807) is 6.20 Å². The van der Waals surface area contributed by atoms with Crippen molar-refractivity contribution in [2.24, 2.45) is 11.7 Å². The maximum Gasteiger partial charge on any atom is 0.128 e. The Morgan fingerprint density at radius 2 is 2.11 bits per heavy atom. The van der Waals surface area contributed by atoms with Crippen LogP contribution in [0.15, 0.2) is 18.3 Å². The average molecular weight is 263 g/mol. The van der Waals surface area contributed by atoms with Crippen molar-refractivity contribution in [3.63, 3.8) is 0 Å². The molecular formula is C14H21N3S. The highest BCUT2D eigenvalue weighted by Crippen LogP contribution is 2.29. The van der Waals surface area contributed by atoms with E-state index in [4.69, 9.17) is 18.0 Å². The molecule has 0 aromatic carbocycles. The van der Waals surface area contributed by atoms with Gasteiger partial charge in [-0.25, -0.2) is 4.98 Å². The minimum absolute atomic E-state index is 0.405. The van der Waals surface area contributed by atoms with Gasteiger partial charge in [0.15, 0.2) is 0 Å². The van der Waals surface area contributed by atoms with Gasteiger partial charge in [-0.1, -0.05) is 32.0 Å². The Kier molecular flexibility index (Phi) is 4.17. The number of thiocarbonyl (C=S) groups is 1. The van der Waals surface area contributed by atoms with Crippen molar-refractivity contribution in [1.82, 2.24) is 4.98 Å². The number of rotatable bonds is 3. The monoisotopic (exact) mass is 263 g/mol. The lowest BCUT2D eigenvalue weighted by atomic mass is 9.85. The zero-order valence-corrected chi connectivity index (χ0v) is 11.9. The highest BCUT2D eigenvalue weighted by molar-refractivity contribution is 7.80. The van der Waals surface area contributed by atoms with E-state index in [2.05, 4.69) is 23.9 Å². The van der Waals surface area contributed by atoms with E-state index in [0.717, 1.165) is 17.3 Å². The van der Waals surface area contributed by atoms with Crippen molar-refractivity contribution < 1.29 is 0 Å². The molecule has 0 bridgehead atoms. The fourth-order valence-corrected chi connectivity index (χ4v) is 2.90. The molecule has 2 N–H and O–H groups in total. The summed E-state index contributed by atoms with van der Waals surface area (Å²) in [6.07, 6.45) is 7.03. The van der Waals surface area contributed by atoms with Gasteiger partial charge in [0.25, 0.3) is 0 Å². The molecule has 1 aliphatic carbocycles. The Hall–Kier alpha value is -1.16. The Morgan fingerprint density at radius 1 is 1.39 bits per heavy atom. The van der Waals surface area contributed by atoms with Crippen LogP contribution in [0.2, 0.25) is 0 Å². The third-order valence-corrected chi connectivity index (χ3v) is 4.19. The molecule has 1 heterocycles. The lowest BCUT2D eigenvalue weighted by molar-refractivity contribution is 0.320. The first-order chi connectivity index (χ1) is 8.59. The van der Waals surface area contributed by atoms with Crippen LogP contribution in [0.3, 0.4) is 0 Å². The molecule has 2 atom stereocenters. The van der Waals surface area contributed by atoms with E-state index in [-0.39, 0.29) is 0 Å². The normalized spacial score (nSPS) is 23.7. The molecule has 3 nitrogen and oxygen atoms in total. The van der Waals surface area contributed by atoms with Crippen molar-refractivity contribution in [1.29, 1.82) is 0 Å². The SMILES string of the molecule is CC1CCCCC1N(C)c1ccc(C(N)=S)cn1. The molecule has 0 amide bonds. The van der Waals surface area contributed by atoms with Crippen LogP contribution >= 0.6 is 12.2 Å². The van der Waals surface area contributed by atoms with Crippen LogP contribution in [-0.4, -0.2) is 23.1 Å². The first kappa shape index (κ1) is 13.3. The zero-order chi connectivity index (χ0) is 13.1. The van der Waals surface area contributed by atoms with Crippen LogP contribution in [0.4, 0.5) is 5.82 Å². The lowest BCUT2D eigenvalue weighted by Crippen LogP contribution is -2.39. The van der Waals surface area contributed by atoms with Crippen LogP contribution < -0.4 is 10.6 Å². The van der Waals surface area contributed by atoms with Crippen LogP contribution in [-0.2, 0) is 0 Å². The Bertz CT molecular complexity index is 416. The molecule has 2 rings (SSSR count). The summed E-state index contributed by atoms with van der Waals surface area (Å²) in [5, 5.41) is 0. The summed E-state index contributed by atoms with van der Waals surface area (Å²) in [6, 6.07) is 4.56. The molecule has 1 aromatic heterocycles. The van der Waals surface area contributed by atoms with E-state index in [1.165, 1.54) is 25.7 Å². The Morgan fingerprint density at radius 3 is 2.67 bits per heavy atom. The van der Waals surface area contributed by atoms with Gasteiger partial charge in [0.1, 0.15) is 10.8 Å². The summed E-state index contributed by atoms with van der Waals surface area (Å²) in [7, 11) is 2.13. The van der Waals surface area contributed by atoms with Gasteiger partial charge >= 0.3 is 0 Å². The molecule has 1 aliphatic rings. The topological polar surface area (TPSA) is 42.1 Å². The molecule has 0 aliphatic heterocycles. The second-order valence-corrected chi connectivity index (χ2v) is 5.65. The van der Waals surface area contributed by atoms with Crippen LogP contribution in [0.25, 0.3) is 0 Å². The van der Waals surface area contributed by atoms with Crippen molar-refractivity contribution in [2.45, 2.75) is 38.6 Å². The Balaban J connectivity index is 2.12. The van der Waals surface area contributed by atoms with Crippen molar-refractivity contribution in [3.05, 3.63) is 23.9 Å². The summed E-state index contributed by atoms with van der Waals surface area (Å²) in [5.41, 5.74) is 6.41. The molecule has 0 spiro atoms. The summed E-state index contributed by atoms with van der Waals surface area (Å²) in [6.45, 7) is 2.34. The van der Waals surface area contributed by atoms with Gasteiger partial charge in [-0.2, -0.15) is 0 Å². The van der Waals surface area contributed by atoms with E-state index < -0.39 is 0 Å². The van der Waals surface area contributed by atoms with Gasteiger partial charge in [-0.3, -0.25) is 0 Å². The highest BCUT2D eigenvalue weighted by Gasteiger charge is 2.25. The minimum atomic E-state index is 0.405. The zero-order valence-electron chi connectivity index (χ0n) is 11.1.